The van der Waals surface area contributed by atoms with Crippen LogP contribution in [0.25, 0.3) is 0 Å². The molecule has 0 saturated carbocycles. The Morgan fingerprint density at radius 2 is 1.43 bits per heavy atom. The van der Waals surface area contributed by atoms with Gasteiger partial charge in [0.15, 0.2) is 0 Å². The van der Waals surface area contributed by atoms with Crippen LogP contribution < -0.4 is 0 Å². The average molecular weight is 467 g/mol. The van der Waals surface area contributed by atoms with Crippen molar-refractivity contribution in [2.45, 2.75) is 13.8 Å². The van der Waals surface area contributed by atoms with Crippen LogP contribution in [0.2, 0.25) is 10.0 Å². The number of benzene rings is 2. The molecule has 0 aliphatic heterocycles. The number of aryl methyl sites for hydroxylation is 2. The molecule has 0 fully saturated rings. The molecule has 2 N–H and O–H groups in total. The molecule has 0 atom stereocenters. The lowest BCUT2D eigenvalue weighted by Crippen LogP contribution is -2.00. The number of aromatic carboxylic acids is 2. The van der Waals surface area contributed by atoms with Gasteiger partial charge in [0.05, 0.1) is 16.1 Å². The van der Waals surface area contributed by atoms with Crippen molar-refractivity contribution in [1.82, 2.24) is 0 Å². The molecule has 4 nitrogen and oxygen atoms in total. The van der Waals surface area contributed by atoms with E-state index < -0.39 is 11.9 Å². The first-order valence-corrected chi connectivity index (χ1v) is 8.15. The van der Waals surface area contributed by atoms with E-state index in [1.165, 1.54) is 6.07 Å². The van der Waals surface area contributed by atoms with E-state index in [-0.39, 0.29) is 0 Å². The van der Waals surface area contributed by atoms with Crippen LogP contribution in [0.5, 0.6) is 0 Å². The van der Waals surface area contributed by atoms with Crippen LogP contribution in [0.15, 0.2) is 30.3 Å². The quantitative estimate of drug-likeness (QED) is 0.589. The van der Waals surface area contributed by atoms with Gasteiger partial charge in [-0.15, -0.1) is 0 Å². The van der Waals surface area contributed by atoms with Crippen molar-refractivity contribution >= 4 is 57.7 Å². The normalized spacial score (nSPS) is 9.78. The summed E-state index contributed by atoms with van der Waals surface area (Å²) in [6.45, 7) is 3.45. The minimum absolute atomic E-state index is 0.300. The van der Waals surface area contributed by atoms with Crippen LogP contribution in [-0.4, -0.2) is 22.2 Å². The summed E-state index contributed by atoms with van der Waals surface area (Å²) in [5.74, 6) is -1.83. The number of carbonyl (C=O) groups is 2. The van der Waals surface area contributed by atoms with Gasteiger partial charge < -0.3 is 10.2 Å². The highest BCUT2D eigenvalue weighted by Crippen LogP contribution is 2.22. The molecule has 0 bridgehead atoms. The fourth-order valence-corrected chi connectivity index (χ4v) is 2.66. The summed E-state index contributed by atoms with van der Waals surface area (Å²) in [5, 5.41) is 18.5. The summed E-state index contributed by atoms with van der Waals surface area (Å²) in [6, 6.07) is 7.93. The second kappa shape index (κ2) is 8.52. The van der Waals surface area contributed by atoms with Crippen LogP contribution >= 0.6 is 45.8 Å². The first kappa shape index (κ1) is 19.7. The fourth-order valence-electron chi connectivity index (χ4n) is 1.74. The van der Waals surface area contributed by atoms with Gasteiger partial charge in [-0.05, 0) is 77.9 Å². The van der Waals surface area contributed by atoms with E-state index in [0.29, 0.717) is 32.3 Å². The molecule has 0 unspecified atom stereocenters. The van der Waals surface area contributed by atoms with E-state index in [0.717, 1.165) is 3.57 Å². The molecular formula is C16H13Cl2IO4. The summed E-state index contributed by atoms with van der Waals surface area (Å²) in [7, 11) is 0. The van der Waals surface area contributed by atoms with Crippen LogP contribution in [0.4, 0.5) is 0 Å². The fraction of sp³-hybridized carbons (Fsp3) is 0.125. The van der Waals surface area contributed by atoms with E-state index in [9.17, 15) is 9.59 Å². The van der Waals surface area contributed by atoms with Gasteiger partial charge in [-0.2, -0.15) is 0 Å². The van der Waals surface area contributed by atoms with Gasteiger partial charge in [0, 0.05) is 8.59 Å². The standard InChI is InChI=1S/C8H6ClIO2.C8H7ClO2/c1-4-2-6(9)7(10)3-5(4)8(11)12;1-5-4-6(9)2-3-7(5)8(10)11/h2-3H,1H3,(H,11,12);2-4H,1H3,(H,10,11). The minimum Gasteiger partial charge on any atom is -0.478 e. The zero-order chi connectivity index (χ0) is 17.7. The van der Waals surface area contributed by atoms with Crippen LogP contribution in [-0.2, 0) is 0 Å². The molecular weight excluding hydrogens is 454 g/mol. The maximum Gasteiger partial charge on any atom is 0.335 e. The van der Waals surface area contributed by atoms with E-state index in [2.05, 4.69) is 0 Å². The monoisotopic (exact) mass is 466 g/mol. The highest BCUT2D eigenvalue weighted by Gasteiger charge is 2.09. The van der Waals surface area contributed by atoms with Crippen LogP contribution in [0.1, 0.15) is 31.8 Å². The van der Waals surface area contributed by atoms with Gasteiger partial charge >= 0.3 is 11.9 Å². The van der Waals surface area contributed by atoms with E-state index in [1.54, 1.807) is 38.1 Å². The maximum absolute atomic E-state index is 10.6. The number of hydrogen-bond acceptors (Lipinski definition) is 2. The first-order chi connectivity index (χ1) is 10.6. The van der Waals surface area contributed by atoms with Gasteiger partial charge in [-0.3, -0.25) is 0 Å². The molecule has 23 heavy (non-hydrogen) atoms. The SMILES string of the molecule is Cc1cc(Cl)c(I)cc1C(=O)O.Cc1cc(Cl)ccc1C(=O)O. The topological polar surface area (TPSA) is 74.6 Å². The predicted octanol–water partition coefficient (Wildman–Crippen LogP) is 5.30. The Kier molecular flexibility index (Phi) is 7.31. The third-order valence-corrected chi connectivity index (χ3v) is 4.68. The molecule has 0 amide bonds. The zero-order valence-corrected chi connectivity index (χ0v) is 15.9. The van der Waals surface area contributed by atoms with Crippen molar-refractivity contribution in [1.29, 1.82) is 0 Å². The largest absolute Gasteiger partial charge is 0.478 e. The number of halogens is 3. The number of carboxylic acids is 2. The lowest BCUT2D eigenvalue weighted by atomic mass is 10.1. The first-order valence-electron chi connectivity index (χ1n) is 6.32. The predicted molar refractivity (Wildman–Crippen MR) is 99.0 cm³/mol. The Morgan fingerprint density at radius 1 is 0.913 bits per heavy atom. The third kappa shape index (κ3) is 5.67. The van der Waals surface area contributed by atoms with Gasteiger partial charge in [-0.25, -0.2) is 9.59 Å². The lowest BCUT2D eigenvalue weighted by Gasteiger charge is -2.02. The maximum atomic E-state index is 10.6. The molecule has 7 heteroatoms. The Hall–Kier alpha value is -1.31. The smallest absolute Gasteiger partial charge is 0.335 e. The highest BCUT2D eigenvalue weighted by atomic mass is 127. The van der Waals surface area contributed by atoms with Gasteiger partial charge in [0.2, 0.25) is 0 Å². The summed E-state index contributed by atoms with van der Waals surface area (Å²) < 4.78 is 0.761. The summed E-state index contributed by atoms with van der Waals surface area (Å²) in [4.78, 5) is 21.1. The zero-order valence-electron chi connectivity index (χ0n) is 12.2. The van der Waals surface area contributed by atoms with Crippen molar-refractivity contribution in [3.05, 3.63) is 66.2 Å². The summed E-state index contributed by atoms with van der Waals surface area (Å²) in [5.41, 5.74) is 1.98. The van der Waals surface area contributed by atoms with Crippen LogP contribution in [0, 0.1) is 17.4 Å². The van der Waals surface area contributed by atoms with Crippen molar-refractivity contribution in [3.8, 4) is 0 Å². The molecule has 2 aromatic rings. The molecule has 2 aromatic carbocycles. The Balaban J connectivity index is 0.000000231. The summed E-state index contributed by atoms with van der Waals surface area (Å²) >= 11 is 13.4. The second-order valence-corrected chi connectivity index (χ2v) is 6.66. The molecule has 0 aliphatic carbocycles. The second-order valence-electron chi connectivity index (χ2n) is 4.65. The number of hydrogen-bond donors (Lipinski definition) is 2. The van der Waals surface area contributed by atoms with Crippen LogP contribution in [0.3, 0.4) is 0 Å². The van der Waals surface area contributed by atoms with Crippen molar-refractivity contribution < 1.29 is 19.8 Å². The Bertz CT molecular complexity index is 760. The molecule has 0 aliphatic rings. The Morgan fingerprint density at radius 3 is 1.91 bits per heavy atom. The van der Waals surface area contributed by atoms with E-state index >= 15 is 0 Å². The summed E-state index contributed by atoms with van der Waals surface area (Å²) in [6.07, 6.45) is 0. The van der Waals surface area contributed by atoms with E-state index in [4.69, 9.17) is 33.4 Å². The third-order valence-electron chi connectivity index (χ3n) is 2.92. The van der Waals surface area contributed by atoms with Gasteiger partial charge in [-0.1, -0.05) is 23.2 Å². The molecule has 0 heterocycles. The number of rotatable bonds is 2. The molecule has 0 aromatic heterocycles. The minimum atomic E-state index is -0.917. The lowest BCUT2D eigenvalue weighted by molar-refractivity contribution is 0.0685. The van der Waals surface area contributed by atoms with Gasteiger partial charge in [0.25, 0.3) is 0 Å². The molecule has 2 rings (SSSR count). The highest BCUT2D eigenvalue weighted by molar-refractivity contribution is 14.1. The molecule has 0 saturated heterocycles. The number of carboxylic acid groups (broad SMARTS) is 2. The van der Waals surface area contributed by atoms with Crippen molar-refractivity contribution in [3.63, 3.8) is 0 Å². The molecule has 0 radical (unpaired) electrons. The molecule has 122 valence electrons. The van der Waals surface area contributed by atoms with Crippen molar-refractivity contribution in [2.75, 3.05) is 0 Å². The van der Waals surface area contributed by atoms with Gasteiger partial charge in [0.1, 0.15) is 0 Å². The average Bonchev–Trinajstić information content (AvgIpc) is 2.42. The van der Waals surface area contributed by atoms with Crippen molar-refractivity contribution in [2.24, 2.45) is 0 Å². The molecule has 0 spiro atoms. The van der Waals surface area contributed by atoms with E-state index in [1.807, 2.05) is 22.6 Å². The Labute approximate surface area is 157 Å².